The van der Waals surface area contributed by atoms with Crippen molar-refractivity contribution in [2.75, 3.05) is 26.3 Å². The minimum atomic E-state index is 0.455. The molecule has 0 spiro atoms. The summed E-state index contributed by atoms with van der Waals surface area (Å²) in [6, 6.07) is 17.4. The molecule has 0 radical (unpaired) electrons. The zero-order valence-electron chi connectivity index (χ0n) is 20.1. The molecule has 0 N–H and O–H groups in total. The van der Waals surface area contributed by atoms with Crippen LogP contribution in [0, 0.1) is 0 Å². The van der Waals surface area contributed by atoms with E-state index in [2.05, 4.69) is 67.3 Å². The molecule has 0 amide bonds. The minimum absolute atomic E-state index is 0.455. The van der Waals surface area contributed by atoms with Crippen LogP contribution in [0.15, 0.2) is 48.5 Å². The third-order valence-electron chi connectivity index (χ3n) is 6.10. The fourth-order valence-corrected chi connectivity index (χ4v) is 7.26. The lowest BCUT2D eigenvalue weighted by Gasteiger charge is -2.31. The maximum Gasteiger partial charge on any atom is 0.119 e. The molecule has 4 rings (SSSR count). The van der Waals surface area contributed by atoms with Gasteiger partial charge in [-0.3, -0.25) is 4.90 Å². The summed E-state index contributed by atoms with van der Waals surface area (Å²) in [6.07, 6.45) is 8.50. The number of piperidine rings is 1. The molecule has 0 saturated carbocycles. The van der Waals surface area contributed by atoms with Gasteiger partial charge in [-0.05, 0) is 61.1 Å². The predicted molar refractivity (Wildman–Crippen MR) is 145 cm³/mol. The first-order chi connectivity index (χ1) is 16.3. The molecule has 0 atom stereocenters. The Morgan fingerprint density at radius 2 is 1.15 bits per heavy atom. The number of nitrogens with zero attached hydrogens (tertiary/aromatic N) is 1. The van der Waals surface area contributed by atoms with E-state index in [4.69, 9.17) is 9.47 Å². The van der Waals surface area contributed by atoms with Crippen LogP contribution in [-0.2, 0) is 0 Å². The first-order valence-electron chi connectivity index (χ1n) is 12.6. The highest BCUT2D eigenvalue weighted by atomic mass is 32.2. The summed E-state index contributed by atoms with van der Waals surface area (Å²) in [4.78, 5) is 5.43. The Balaban J connectivity index is 1.54. The molecule has 2 aromatic carbocycles. The van der Waals surface area contributed by atoms with Gasteiger partial charge in [-0.15, -0.1) is 0 Å². The van der Waals surface area contributed by atoms with Gasteiger partial charge in [0.1, 0.15) is 16.2 Å². The lowest BCUT2D eigenvalue weighted by molar-refractivity contribution is 0.253. The molecule has 33 heavy (non-hydrogen) atoms. The third-order valence-corrected chi connectivity index (χ3v) is 9.16. The minimum Gasteiger partial charge on any atom is -0.494 e. The highest BCUT2D eigenvalue weighted by Crippen LogP contribution is 2.56. The molecule has 2 aromatic rings. The molecule has 178 valence electrons. The van der Waals surface area contributed by atoms with Crippen LogP contribution in [0.5, 0.6) is 11.5 Å². The van der Waals surface area contributed by atoms with Crippen molar-refractivity contribution >= 4 is 33.3 Å². The van der Waals surface area contributed by atoms with Gasteiger partial charge in [0.25, 0.3) is 0 Å². The van der Waals surface area contributed by atoms with E-state index in [1.54, 1.807) is 0 Å². The van der Waals surface area contributed by atoms with E-state index in [9.17, 15) is 0 Å². The number of hydrogen-bond donors (Lipinski definition) is 0. The molecule has 1 fully saturated rings. The quantitative estimate of drug-likeness (QED) is 0.300. The summed E-state index contributed by atoms with van der Waals surface area (Å²) in [7, 11) is 0. The molecule has 3 nitrogen and oxygen atoms in total. The number of likely N-dealkylation sites (tertiary alicyclic amines) is 1. The van der Waals surface area contributed by atoms with Crippen molar-refractivity contribution < 1.29 is 9.47 Å². The van der Waals surface area contributed by atoms with Crippen molar-refractivity contribution in [3.63, 3.8) is 0 Å². The second kappa shape index (κ2) is 12.8. The Morgan fingerprint density at radius 1 is 0.697 bits per heavy atom. The number of benzene rings is 2. The zero-order valence-corrected chi connectivity index (χ0v) is 21.7. The topological polar surface area (TPSA) is 21.7 Å². The van der Waals surface area contributed by atoms with E-state index in [0.717, 1.165) is 50.4 Å². The largest absolute Gasteiger partial charge is 0.494 e. The van der Waals surface area contributed by atoms with Crippen molar-refractivity contribution in [2.45, 2.75) is 63.5 Å². The fraction of sp³-hybridized carbons (Fsp3) is 0.500. The summed E-state index contributed by atoms with van der Waals surface area (Å²) in [5.41, 5.74) is 2.57. The summed E-state index contributed by atoms with van der Waals surface area (Å²) in [5, 5.41) is 0. The SMILES string of the molecule is CCCCOc1ccc(C2=C(c3ccc(OCCCC)cc3)SC(N3CCCCC3)S2)cc1. The molecule has 0 aliphatic carbocycles. The van der Waals surface area contributed by atoms with Gasteiger partial charge in [0.2, 0.25) is 0 Å². The van der Waals surface area contributed by atoms with Crippen LogP contribution < -0.4 is 9.47 Å². The average molecular weight is 484 g/mol. The second-order valence-corrected chi connectivity index (χ2v) is 11.2. The predicted octanol–water partition coefficient (Wildman–Crippen LogP) is 8.12. The molecule has 1 saturated heterocycles. The van der Waals surface area contributed by atoms with Crippen LogP contribution in [0.4, 0.5) is 0 Å². The first kappa shape index (κ1) is 24.6. The molecule has 5 heteroatoms. The molecule has 2 heterocycles. The molecule has 2 aliphatic rings. The van der Waals surface area contributed by atoms with E-state index < -0.39 is 0 Å². The van der Waals surface area contributed by atoms with E-state index >= 15 is 0 Å². The second-order valence-electron chi connectivity index (χ2n) is 8.75. The highest BCUT2D eigenvalue weighted by molar-refractivity contribution is 8.29. The van der Waals surface area contributed by atoms with Gasteiger partial charge in [-0.2, -0.15) is 0 Å². The summed E-state index contributed by atoms with van der Waals surface area (Å²) < 4.78 is 12.2. The summed E-state index contributed by atoms with van der Waals surface area (Å²) in [6.45, 7) is 8.38. The van der Waals surface area contributed by atoms with Crippen LogP contribution in [0.25, 0.3) is 9.81 Å². The molecule has 0 aromatic heterocycles. The zero-order chi connectivity index (χ0) is 22.9. The fourth-order valence-electron chi connectivity index (χ4n) is 4.08. The van der Waals surface area contributed by atoms with Crippen molar-refractivity contribution in [1.82, 2.24) is 4.90 Å². The van der Waals surface area contributed by atoms with Crippen molar-refractivity contribution in [3.05, 3.63) is 59.7 Å². The van der Waals surface area contributed by atoms with Crippen LogP contribution in [-0.4, -0.2) is 35.9 Å². The molecule has 2 aliphatic heterocycles. The standard InChI is InChI=1S/C28H37NO2S2/c1-3-5-20-30-24-14-10-22(11-15-24)26-27(33-28(32-26)29-18-8-7-9-19-29)23-12-16-25(17-13-23)31-21-6-4-2/h10-17,28H,3-9,18-21H2,1-2H3. The Labute approximate surface area is 208 Å². The van der Waals surface area contributed by atoms with Crippen LogP contribution >= 0.6 is 23.5 Å². The van der Waals surface area contributed by atoms with Gasteiger partial charge in [0.15, 0.2) is 0 Å². The van der Waals surface area contributed by atoms with E-state index in [1.165, 1.54) is 53.3 Å². The molecular weight excluding hydrogens is 446 g/mol. The van der Waals surface area contributed by atoms with E-state index in [-0.39, 0.29) is 0 Å². The monoisotopic (exact) mass is 483 g/mol. The highest BCUT2D eigenvalue weighted by Gasteiger charge is 2.32. The summed E-state index contributed by atoms with van der Waals surface area (Å²) >= 11 is 4.04. The Morgan fingerprint density at radius 3 is 1.58 bits per heavy atom. The van der Waals surface area contributed by atoms with Gasteiger partial charge in [0.05, 0.1) is 13.2 Å². The Bertz CT molecular complexity index is 824. The van der Waals surface area contributed by atoms with Gasteiger partial charge in [-0.1, -0.05) is 80.9 Å². The van der Waals surface area contributed by atoms with Gasteiger partial charge in [0, 0.05) is 22.9 Å². The van der Waals surface area contributed by atoms with E-state index in [0.29, 0.717) is 4.71 Å². The lowest BCUT2D eigenvalue weighted by atomic mass is 10.1. The number of unbranched alkanes of at least 4 members (excludes halogenated alkanes) is 2. The van der Waals surface area contributed by atoms with Crippen LogP contribution in [0.1, 0.15) is 69.9 Å². The maximum absolute atomic E-state index is 5.90. The molecule has 0 unspecified atom stereocenters. The Hall–Kier alpha value is -1.56. The molecular formula is C28H37NO2S2. The number of hydrogen-bond acceptors (Lipinski definition) is 5. The van der Waals surface area contributed by atoms with Gasteiger partial charge in [-0.25, -0.2) is 0 Å². The number of thioether (sulfide) groups is 2. The Kier molecular flexibility index (Phi) is 9.51. The van der Waals surface area contributed by atoms with Crippen molar-refractivity contribution in [2.24, 2.45) is 0 Å². The maximum atomic E-state index is 5.90. The third kappa shape index (κ3) is 6.74. The van der Waals surface area contributed by atoms with Crippen molar-refractivity contribution in [3.8, 4) is 11.5 Å². The lowest BCUT2D eigenvalue weighted by Crippen LogP contribution is -2.34. The van der Waals surface area contributed by atoms with Crippen molar-refractivity contribution in [1.29, 1.82) is 0 Å². The number of rotatable bonds is 11. The molecule has 0 bridgehead atoms. The van der Waals surface area contributed by atoms with E-state index in [1.807, 2.05) is 23.5 Å². The van der Waals surface area contributed by atoms with Crippen LogP contribution in [0.3, 0.4) is 0 Å². The first-order valence-corrected chi connectivity index (χ1v) is 14.3. The van der Waals surface area contributed by atoms with Gasteiger partial charge < -0.3 is 9.47 Å². The smallest absolute Gasteiger partial charge is 0.119 e. The average Bonchev–Trinajstić information content (AvgIpc) is 3.31. The van der Waals surface area contributed by atoms with Crippen LogP contribution in [0.2, 0.25) is 0 Å². The number of ether oxygens (including phenoxy) is 2. The normalized spacial score (nSPS) is 17.5. The van der Waals surface area contributed by atoms with Gasteiger partial charge >= 0.3 is 0 Å². The summed E-state index contributed by atoms with van der Waals surface area (Å²) in [5.74, 6) is 1.93.